The van der Waals surface area contributed by atoms with Gasteiger partial charge in [-0.05, 0) is 25.0 Å². The molecule has 0 bridgehead atoms. The predicted molar refractivity (Wildman–Crippen MR) is 64.1 cm³/mol. The maximum atomic E-state index is 11.9. The van der Waals surface area contributed by atoms with Crippen molar-refractivity contribution in [3.05, 3.63) is 35.9 Å². The minimum absolute atomic E-state index is 0.0112. The second-order valence-corrected chi connectivity index (χ2v) is 4.39. The van der Waals surface area contributed by atoms with Crippen LogP contribution in [0.4, 0.5) is 0 Å². The highest BCUT2D eigenvalue weighted by molar-refractivity contribution is 5.94. The first kappa shape index (κ1) is 11.1. The van der Waals surface area contributed by atoms with Crippen LogP contribution in [0.3, 0.4) is 0 Å². The molecule has 3 nitrogen and oxygen atoms in total. The summed E-state index contributed by atoms with van der Waals surface area (Å²) >= 11 is 0. The van der Waals surface area contributed by atoms with Crippen molar-refractivity contribution in [2.24, 2.45) is 5.73 Å². The highest BCUT2D eigenvalue weighted by Crippen LogP contribution is 2.17. The molecule has 16 heavy (non-hydrogen) atoms. The van der Waals surface area contributed by atoms with E-state index in [1.807, 2.05) is 30.3 Å². The SMILES string of the molecule is N[C@@H]1CCCC[C@H]1NC(=O)c1ccccc1. The van der Waals surface area contributed by atoms with Gasteiger partial charge in [-0.3, -0.25) is 4.79 Å². The summed E-state index contributed by atoms with van der Waals surface area (Å²) in [6, 6.07) is 9.55. The highest BCUT2D eigenvalue weighted by atomic mass is 16.1. The van der Waals surface area contributed by atoms with E-state index in [-0.39, 0.29) is 18.0 Å². The Hall–Kier alpha value is -1.35. The van der Waals surface area contributed by atoms with Gasteiger partial charge in [0.1, 0.15) is 0 Å². The van der Waals surface area contributed by atoms with Gasteiger partial charge >= 0.3 is 0 Å². The second-order valence-electron chi connectivity index (χ2n) is 4.39. The molecule has 2 atom stereocenters. The predicted octanol–water partition coefficient (Wildman–Crippen LogP) is 1.69. The summed E-state index contributed by atoms with van der Waals surface area (Å²) in [7, 11) is 0. The van der Waals surface area contributed by atoms with Crippen LogP contribution in [0.2, 0.25) is 0 Å². The average molecular weight is 218 g/mol. The van der Waals surface area contributed by atoms with Crippen LogP contribution in [0.1, 0.15) is 36.0 Å². The lowest BCUT2D eigenvalue weighted by molar-refractivity contribution is 0.0921. The van der Waals surface area contributed by atoms with Crippen molar-refractivity contribution in [2.75, 3.05) is 0 Å². The van der Waals surface area contributed by atoms with E-state index < -0.39 is 0 Å². The number of nitrogens with one attached hydrogen (secondary N) is 1. The topological polar surface area (TPSA) is 55.1 Å². The average Bonchev–Trinajstić information content (AvgIpc) is 2.33. The van der Waals surface area contributed by atoms with Crippen molar-refractivity contribution >= 4 is 5.91 Å². The molecule has 0 radical (unpaired) electrons. The number of hydrogen-bond acceptors (Lipinski definition) is 2. The van der Waals surface area contributed by atoms with Crippen LogP contribution in [0.5, 0.6) is 0 Å². The van der Waals surface area contributed by atoms with Crippen LogP contribution in [0.15, 0.2) is 30.3 Å². The minimum Gasteiger partial charge on any atom is -0.348 e. The normalized spacial score (nSPS) is 25.1. The fraction of sp³-hybridized carbons (Fsp3) is 0.462. The van der Waals surface area contributed by atoms with Crippen molar-refractivity contribution in [1.82, 2.24) is 5.32 Å². The van der Waals surface area contributed by atoms with Crippen molar-refractivity contribution < 1.29 is 4.79 Å². The monoisotopic (exact) mass is 218 g/mol. The number of carbonyl (C=O) groups excluding carboxylic acids is 1. The van der Waals surface area contributed by atoms with Crippen LogP contribution < -0.4 is 11.1 Å². The van der Waals surface area contributed by atoms with Gasteiger partial charge in [0.15, 0.2) is 0 Å². The van der Waals surface area contributed by atoms with E-state index in [2.05, 4.69) is 5.32 Å². The molecule has 2 rings (SSSR count). The van der Waals surface area contributed by atoms with E-state index >= 15 is 0 Å². The first-order valence-electron chi connectivity index (χ1n) is 5.89. The van der Waals surface area contributed by atoms with Crippen molar-refractivity contribution in [3.63, 3.8) is 0 Å². The first-order valence-corrected chi connectivity index (χ1v) is 5.89. The quantitative estimate of drug-likeness (QED) is 0.793. The van der Waals surface area contributed by atoms with Crippen LogP contribution in [0, 0.1) is 0 Å². The summed E-state index contributed by atoms with van der Waals surface area (Å²) in [6.07, 6.45) is 4.35. The fourth-order valence-electron chi connectivity index (χ4n) is 2.18. The molecular weight excluding hydrogens is 200 g/mol. The van der Waals surface area contributed by atoms with Gasteiger partial charge < -0.3 is 11.1 Å². The zero-order valence-corrected chi connectivity index (χ0v) is 9.36. The van der Waals surface area contributed by atoms with Crippen molar-refractivity contribution in [2.45, 2.75) is 37.8 Å². The molecule has 3 heteroatoms. The molecule has 0 saturated heterocycles. The number of rotatable bonds is 2. The Morgan fingerprint density at radius 1 is 1.19 bits per heavy atom. The third-order valence-electron chi connectivity index (χ3n) is 3.17. The third kappa shape index (κ3) is 2.61. The van der Waals surface area contributed by atoms with E-state index in [9.17, 15) is 4.79 Å². The lowest BCUT2D eigenvalue weighted by Crippen LogP contribution is -2.49. The van der Waals surface area contributed by atoms with Crippen LogP contribution in [-0.4, -0.2) is 18.0 Å². The Morgan fingerprint density at radius 2 is 1.88 bits per heavy atom. The van der Waals surface area contributed by atoms with Crippen LogP contribution >= 0.6 is 0 Å². The van der Waals surface area contributed by atoms with E-state index in [0.29, 0.717) is 5.56 Å². The van der Waals surface area contributed by atoms with Gasteiger partial charge in [0, 0.05) is 17.6 Å². The van der Waals surface area contributed by atoms with Gasteiger partial charge in [-0.15, -0.1) is 0 Å². The molecule has 86 valence electrons. The van der Waals surface area contributed by atoms with E-state index in [1.54, 1.807) is 0 Å². The molecule has 3 N–H and O–H groups in total. The smallest absolute Gasteiger partial charge is 0.251 e. The molecule has 1 aromatic carbocycles. The largest absolute Gasteiger partial charge is 0.348 e. The Morgan fingerprint density at radius 3 is 2.56 bits per heavy atom. The Labute approximate surface area is 96.0 Å². The standard InChI is InChI=1S/C13H18N2O/c14-11-8-4-5-9-12(11)15-13(16)10-6-2-1-3-7-10/h1-3,6-7,11-12H,4-5,8-9,14H2,(H,15,16)/t11-,12-/m1/s1. The summed E-state index contributed by atoms with van der Waals surface area (Å²) in [6.45, 7) is 0. The maximum Gasteiger partial charge on any atom is 0.251 e. The van der Waals surface area contributed by atoms with Gasteiger partial charge in [-0.25, -0.2) is 0 Å². The van der Waals surface area contributed by atoms with Crippen molar-refractivity contribution in [1.29, 1.82) is 0 Å². The number of carbonyl (C=O) groups is 1. The Bertz CT molecular complexity index is 350. The van der Waals surface area contributed by atoms with Gasteiger partial charge in [-0.2, -0.15) is 0 Å². The van der Waals surface area contributed by atoms with Crippen molar-refractivity contribution in [3.8, 4) is 0 Å². The number of hydrogen-bond donors (Lipinski definition) is 2. The molecular formula is C13H18N2O. The molecule has 1 fully saturated rings. The van der Waals surface area contributed by atoms with Gasteiger partial charge in [-0.1, -0.05) is 31.0 Å². The first-order chi connectivity index (χ1) is 7.77. The molecule has 1 aromatic rings. The summed E-state index contributed by atoms with van der Waals surface area (Å²) < 4.78 is 0. The molecule has 0 heterocycles. The second kappa shape index (κ2) is 5.12. The molecule has 0 aliphatic heterocycles. The molecule has 1 aliphatic rings. The lowest BCUT2D eigenvalue weighted by Gasteiger charge is -2.29. The number of benzene rings is 1. The fourth-order valence-corrected chi connectivity index (χ4v) is 2.18. The molecule has 1 amide bonds. The molecule has 1 saturated carbocycles. The molecule has 0 aromatic heterocycles. The zero-order chi connectivity index (χ0) is 11.4. The highest BCUT2D eigenvalue weighted by Gasteiger charge is 2.23. The lowest BCUT2D eigenvalue weighted by atomic mass is 9.91. The van der Waals surface area contributed by atoms with Crippen LogP contribution in [0.25, 0.3) is 0 Å². The summed E-state index contributed by atoms with van der Waals surface area (Å²) in [4.78, 5) is 11.9. The number of nitrogens with two attached hydrogens (primary N) is 1. The molecule has 0 spiro atoms. The van der Waals surface area contributed by atoms with E-state index in [1.165, 1.54) is 6.42 Å². The summed E-state index contributed by atoms with van der Waals surface area (Å²) in [5.41, 5.74) is 6.70. The number of amides is 1. The van der Waals surface area contributed by atoms with Crippen LogP contribution in [-0.2, 0) is 0 Å². The summed E-state index contributed by atoms with van der Waals surface area (Å²) in [5.74, 6) is -0.0112. The Kier molecular flexibility index (Phi) is 3.57. The summed E-state index contributed by atoms with van der Waals surface area (Å²) in [5, 5.41) is 3.02. The van der Waals surface area contributed by atoms with E-state index in [4.69, 9.17) is 5.73 Å². The minimum atomic E-state index is -0.0112. The third-order valence-corrected chi connectivity index (χ3v) is 3.17. The van der Waals surface area contributed by atoms with Gasteiger partial charge in [0.05, 0.1) is 0 Å². The maximum absolute atomic E-state index is 11.9. The Balaban J connectivity index is 1.96. The van der Waals surface area contributed by atoms with Gasteiger partial charge in [0.25, 0.3) is 5.91 Å². The molecule has 1 aliphatic carbocycles. The zero-order valence-electron chi connectivity index (χ0n) is 9.36. The van der Waals surface area contributed by atoms with E-state index in [0.717, 1.165) is 19.3 Å². The van der Waals surface area contributed by atoms with Gasteiger partial charge in [0.2, 0.25) is 0 Å². The molecule has 0 unspecified atom stereocenters.